The number of benzene rings is 2. The first kappa shape index (κ1) is 11.8. The monoisotopic (exact) mass is 252 g/mol. The first-order chi connectivity index (χ1) is 9.25. The summed E-state index contributed by atoms with van der Waals surface area (Å²) in [5.74, 6) is -0.257. The van der Waals surface area contributed by atoms with Crippen molar-refractivity contribution in [1.82, 2.24) is 4.98 Å². The fourth-order valence-corrected chi connectivity index (χ4v) is 2.24. The van der Waals surface area contributed by atoms with E-state index < -0.39 is 0 Å². The van der Waals surface area contributed by atoms with E-state index in [1.54, 1.807) is 18.3 Å². The lowest BCUT2D eigenvalue weighted by molar-refractivity contribution is 0.626. The van der Waals surface area contributed by atoms with Gasteiger partial charge in [-0.25, -0.2) is 4.39 Å². The van der Waals surface area contributed by atoms with Crippen LogP contribution >= 0.6 is 0 Å². The number of rotatable bonds is 2. The van der Waals surface area contributed by atoms with E-state index in [1.165, 1.54) is 12.1 Å². The Morgan fingerprint density at radius 1 is 0.947 bits per heavy atom. The molecular formula is C16H13FN2. The Bertz CT molecular complexity index is 702. The number of nitrogens with zero attached hydrogens (tertiary/aromatic N) is 1. The van der Waals surface area contributed by atoms with Gasteiger partial charge >= 0.3 is 0 Å². The van der Waals surface area contributed by atoms with E-state index >= 15 is 0 Å². The molecule has 0 radical (unpaired) electrons. The van der Waals surface area contributed by atoms with Gasteiger partial charge in [0.1, 0.15) is 5.82 Å². The average molecular weight is 252 g/mol. The van der Waals surface area contributed by atoms with Gasteiger partial charge in [0.05, 0.1) is 6.04 Å². The Kier molecular flexibility index (Phi) is 2.97. The molecule has 1 heterocycles. The number of halogens is 1. The molecule has 1 aromatic heterocycles. The molecule has 2 N–H and O–H groups in total. The molecule has 0 amide bonds. The Morgan fingerprint density at radius 3 is 2.47 bits per heavy atom. The molecule has 2 nitrogen and oxygen atoms in total. The number of hydrogen-bond acceptors (Lipinski definition) is 2. The molecule has 1 atom stereocenters. The topological polar surface area (TPSA) is 38.9 Å². The summed E-state index contributed by atoms with van der Waals surface area (Å²) >= 11 is 0. The lowest BCUT2D eigenvalue weighted by Gasteiger charge is -2.14. The Balaban J connectivity index is 2.11. The molecule has 94 valence electrons. The van der Waals surface area contributed by atoms with Crippen LogP contribution in [0.15, 0.2) is 60.9 Å². The molecular weight excluding hydrogens is 239 g/mol. The van der Waals surface area contributed by atoms with E-state index in [0.29, 0.717) is 0 Å². The van der Waals surface area contributed by atoms with Crippen molar-refractivity contribution in [3.8, 4) is 0 Å². The summed E-state index contributed by atoms with van der Waals surface area (Å²) < 4.78 is 13.0. The van der Waals surface area contributed by atoms with Crippen LogP contribution in [0, 0.1) is 5.82 Å². The maximum atomic E-state index is 13.0. The van der Waals surface area contributed by atoms with E-state index in [9.17, 15) is 4.39 Å². The smallest absolute Gasteiger partial charge is 0.123 e. The minimum absolute atomic E-state index is 0.257. The van der Waals surface area contributed by atoms with Crippen molar-refractivity contribution >= 4 is 10.8 Å². The summed E-state index contributed by atoms with van der Waals surface area (Å²) in [4.78, 5) is 4.22. The van der Waals surface area contributed by atoms with Crippen molar-refractivity contribution in [1.29, 1.82) is 0 Å². The molecule has 0 aliphatic carbocycles. The van der Waals surface area contributed by atoms with Gasteiger partial charge in [-0.1, -0.05) is 36.4 Å². The van der Waals surface area contributed by atoms with E-state index in [4.69, 9.17) is 5.73 Å². The highest BCUT2D eigenvalue weighted by Gasteiger charge is 2.12. The number of nitrogens with two attached hydrogens (primary N) is 1. The fraction of sp³-hybridized carbons (Fsp3) is 0.0625. The zero-order valence-electron chi connectivity index (χ0n) is 10.3. The number of hydrogen-bond donors (Lipinski definition) is 1. The van der Waals surface area contributed by atoms with Crippen molar-refractivity contribution in [3.63, 3.8) is 0 Å². The van der Waals surface area contributed by atoms with Gasteiger partial charge in [0, 0.05) is 17.8 Å². The molecule has 1 unspecified atom stereocenters. The maximum Gasteiger partial charge on any atom is 0.123 e. The molecule has 2 aromatic carbocycles. The predicted octanol–water partition coefficient (Wildman–Crippen LogP) is 3.42. The SMILES string of the molecule is NC(c1ccc(F)cc1)c1cncc2ccccc12. The van der Waals surface area contributed by atoms with Gasteiger partial charge in [-0.2, -0.15) is 0 Å². The van der Waals surface area contributed by atoms with Crippen LogP contribution in [0.2, 0.25) is 0 Å². The molecule has 0 aliphatic heterocycles. The minimum Gasteiger partial charge on any atom is -0.320 e. The van der Waals surface area contributed by atoms with E-state index in [2.05, 4.69) is 4.98 Å². The van der Waals surface area contributed by atoms with E-state index in [-0.39, 0.29) is 11.9 Å². The minimum atomic E-state index is -0.306. The van der Waals surface area contributed by atoms with E-state index in [1.807, 2.05) is 30.5 Å². The highest BCUT2D eigenvalue weighted by Crippen LogP contribution is 2.26. The summed E-state index contributed by atoms with van der Waals surface area (Å²) in [7, 11) is 0. The van der Waals surface area contributed by atoms with Crippen LogP contribution in [0.4, 0.5) is 4.39 Å². The lowest BCUT2D eigenvalue weighted by atomic mass is 9.96. The quantitative estimate of drug-likeness (QED) is 0.759. The van der Waals surface area contributed by atoms with E-state index in [0.717, 1.165) is 21.9 Å². The van der Waals surface area contributed by atoms with Crippen LogP contribution in [0.25, 0.3) is 10.8 Å². The Morgan fingerprint density at radius 2 is 1.68 bits per heavy atom. The van der Waals surface area contributed by atoms with Crippen LogP contribution in [0.3, 0.4) is 0 Å². The Labute approximate surface area is 110 Å². The number of pyridine rings is 1. The highest BCUT2D eigenvalue weighted by atomic mass is 19.1. The van der Waals surface area contributed by atoms with Gasteiger partial charge in [-0.3, -0.25) is 4.98 Å². The summed E-state index contributed by atoms with van der Waals surface area (Å²) in [6, 6.07) is 13.9. The van der Waals surface area contributed by atoms with Gasteiger partial charge < -0.3 is 5.73 Å². The standard InChI is InChI=1S/C16H13FN2/c17-13-7-5-11(6-8-13)16(18)15-10-19-9-12-3-1-2-4-14(12)15/h1-10,16H,18H2. The third kappa shape index (κ3) is 2.20. The second kappa shape index (κ2) is 4.78. The van der Waals surface area contributed by atoms with Crippen molar-refractivity contribution in [2.45, 2.75) is 6.04 Å². The molecule has 19 heavy (non-hydrogen) atoms. The normalized spacial score (nSPS) is 12.5. The van der Waals surface area contributed by atoms with Gasteiger partial charge in [-0.15, -0.1) is 0 Å². The molecule has 0 saturated heterocycles. The number of fused-ring (bicyclic) bond motifs is 1. The zero-order chi connectivity index (χ0) is 13.2. The Hall–Kier alpha value is -2.26. The highest BCUT2D eigenvalue weighted by molar-refractivity contribution is 5.85. The van der Waals surface area contributed by atoms with Crippen LogP contribution in [0.1, 0.15) is 17.2 Å². The molecule has 3 rings (SSSR count). The molecule has 0 aliphatic rings. The van der Waals surface area contributed by atoms with Gasteiger partial charge in [0.15, 0.2) is 0 Å². The third-order valence-corrected chi connectivity index (χ3v) is 3.26. The first-order valence-corrected chi connectivity index (χ1v) is 6.09. The zero-order valence-corrected chi connectivity index (χ0v) is 10.3. The predicted molar refractivity (Wildman–Crippen MR) is 74.2 cm³/mol. The summed E-state index contributed by atoms with van der Waals surface area (Å²) in [6.07, 6.45) is 3.59. The van der Waals surface area contributed by atoms with Gasteiger partial charge in [0.25, 0.3) is 0 Å². The first-order valence-electron chi connectivity index (χ1n) is 6.09. The molecule has 0 saturated carbocycles. The fourth-order valence-electron chi connectivity index (χ4n) is 2.24. The van der Waals surface area contributed by atoms with Crippen molar-refractivity contribution in [2.24, 2.45) is 5.73 Å². The van der Waals surface area contributed by atoms with Crippen molar-refractivity contribution in [3.05, 3.63) is 77.9 Å². The number of aromatic nitrogens is 1. The van der Waals surface area contributed by atoms with Crippen LogP contribution in [0.5, 0.6) is 0 Å². The molecule has 0 fully saturated rings. The van der Waals surface area contributed by atoms with Crippen LogP contribution in [-0.4, -0.2) is 4.98 Å². The van der Waals surface area contributed by atoms with Crippen molar-refractivity contribution in [2.75, 3.05) is 0 Å². The molecule has 3 aromatic rings. The molecule has 0 spiro atoms. The van der Waals surface area contributed by atoms with Crippen LogP contribution in [-0.2, 0) is 0 Å². The summed E-state index contributed by atoms with van der Waals surface area (Å²) in [5, 5.41) is 2.13. The molecule has 3 heteroatoms. The van der Waals surface area contributed by atoms with Crippen LogP contribution < -0.4 is 5.73 Å². The lowest BCUT2D eigenvalue weighted by Crippen LogP contribution is -2.12. The molecule has 0 bridgehead atoms. The second-order valence-corrected chi connectivity index (χ2v) is 4.48. The summed E-state index contributed by atoms with van der Waals surface area (Å²) in [6.45, 7) is 0. The van der Waals surface area contributed by atoms with Gasteiger partial charge in [-0.05, 0) is 28.6 Å². The third-order valence-electron chi connectivity index (χ3n) is 3.26. The van der Waals surface area contributed by atoms with Crippen molar-refractivity contribution < 1.29 is 4.39 Å². The summed E-state index contributed by atoms with van der Waals surface area (Å²) in [5.41, 5.74) is 8.09. The second-order valence-electron chi connectivity index (χ2n) is 4.48. The van der Waals surface area contributed by atoms with Gasteiger partial charge in [0.2, 0.25) is 0 Å². The maximum absolute atomic E-state index is 13.0. The average Bonchev–Trinajstić information content (AvgIpc) is 2.47. The largest absolute Gasteiger partial charge is 0.320 e.